The molecule has 0 aromatic carbocycles. The molecule has 1 amide bonds. The van der Waals surface area contributed by atoms with E-state index in [9.17, 15) is 4.79 Å². The van der Waals surface area contributed by atoms with Gasteiger partial charge in [-0.1, -0.05) is 5.21 Å². The van der Waals surface area contributed by atoms with Crippen LogP contribution in [-0.2, 0) is 6.54 Å². The van der Waals surface area contributed by atoms with Crippen molar-refractivity contribution in [2.24, 2.45) is 5.92 Å². The van der Waals surface area contributed by atoms with E-state index in [0.29, 0.717) is 11.6 Å². The number of thiazole rings is 1. The van der Waals surface area contributed by atoms with Crippen molar-refractivity contribution in [2.45, 2.75) is 26.3 Å². The molecule has 0 bridgehead atoms. The minimum atomic E-state index is 0.0478. The number of nitrogens with zero attached hydrogens (tertiary/aromatic N) is 5. The first-order valence-corrected chi connectivity index (χ1v) is 10.2. The van der Waals surface area contributed by atoms with Gasteiger partial charge in [-0.25, -0.2) is 4.98 Å². The predicted octanol–water partition coefficient (Wildman–Crippen LogP) is 3.32. The summed E-state index contributed by atoms with van der Waals surface area (Å²) in [6, 6.07) is 2.05. The zero-order valence-electron chi connectivity index (χ0n) is 14.0. The van der Waals surface area contributed by atoms with Crippen LogP contribution in [0.4, 0.5) is 0 Å². The van der Waals surface area contributed by atoms with Crippen LogP contribution in [0.2, 0.25) is 0 Å². The second-order valence-electron chi connectivity index (χ2n) is 6.35. The average Bonchev–Trinajstić information content (AvgIpc) is 3.35. The first-order chi connectivity index (χ1) is 12.2. The molecule has 4 rings (SSSR count). The van der Waals surface area contributed by atoms with Gasteiger partial charge in [-0.3, -0.25) is 9.48 Å². The van der Waals surface area contributed by atoms with Gasteiger partial charge in [0.2, 0.25) is 0 Å². The van der Waals surface area contributed by atoms with Crippen LogP contribution >= 0.6 is 22.7 Å². The van der Waals surface area contributed by atoms with Gasteiger partial charge in [0, 0.05) is 36.0 Å². The maximum atomic E-state index is 12.6. The fourth-order valence-corrected chi connectivity index (χ4v) is 4.45. The van der Waals surface area contributed by atoms with Crippen LogP contribution in [0.1, 0.15) is 28.3 Å². The maximum Gasteiger partial charge on any atom is 0.273 e. The molecule has 1 atom stereocenters. The van der Waals surface area contributed by atoms with E-state index in [1.54, 1.807) is 11.3 Å². The number of hydrogen-bond acceptors (Lipinski definition) is 6. The highest BCUT2D eigenvalue weighted by Gasteiger charge is 2.26. The number of carbonyl (C=O) groups is 1. The van der Waals surface area contributed by atoms with Gasteiger partial charge in [-0.15, -0.1) is 16.4 Å². The van der Waals surface area contributed by atoms with Crippen LogP contribution in [-0.4, -0.2) is 43.9 Å². The van der Waals surface area contributed by atoms with Crippen LogP contribution in [0.15, 0.2) is 28.4 Å². The highest BCUT2D eigenvalue weighted by atomic mass is 32.1. The summed E-state index contributed by atoms with van der Waals surface area (Å²) in [5.74, 6) is 0.445. The van der Waals surface area contributed by atoms with Crippen molar-refractivity contribution in [3.63, 3.8) is 0 Å². The molecule has 1 aliphatic heterocycles. The highest BCUT2D eigenvalue weighted by molar-refractivity contribution is 7.09. The minimum Gasteiger partial charge on any atom is -0.337 e. The van der Waals surface area contributed by atoms with Crippen molar-refractivity contribution in [3.8, 4) is 11.3 Å². The first kappa shape index (κ1) is 16.4. The van der Waals surface area contributed by atoms with E-state index in [4.69, 9.17) is 0 Å². The summed E-state index contributed by atoms with van der Waals surface area (Å²) in [5, 5.41) is 15.4. The van der Waals surface area contributed by atoms with Gasteiger partial charge in [-0.2, -0.15) is 11.3 Å². The summed E-state index contributed by atoms with van der Waals surface area (Å²) in [4.78, 5) is 18.9. The summed E-state index contributed by atoms with van der Waals surface area (Å²) in [6.45, 7) is 4.28. The maximum absolute atomic E-state index is 12.6. The van der Waals surface area contributed by atoms with Crippen LogP contribution in [0.5, 0.6) is 0 Å². The van der Waals surface area contributed by atoms with Crippen molar-refractivity contribution in [2.75, 3.05) is 13.1 Å². The lowest BCUT2D eigenvalue weighted by molar-refractivity contribution is 0.0654. The van der Waals surface area contributed by atoms with Gasteiger partial charge >= 0.3 is 0 Å². The molecular weight excluding hydrogens is 354 g/mol. The van der Waals surface area contributed by atoms with E-state index in [-0.39, 0.29) is 5.91 Å². The number of rotatable bonds is 4. The largest absolute Gasteiger partial charge is 0.337 e. The summed E-state index contributed by atoms with van der Waals surface area (Å²) >= 11 is 3.18. The summed E-state index contributed by atoms with van der Waals surface area (Å²) in [5.41, 5.74) is 2.59. The van der Waals surface area contributed by atoms with Crippen molar-refractivity contribution < 1.29 is 4.79 Å². The lowest BCUT2D eigenvalue weighted by Crippen LogP contribution is -2.41. The molecule has 4 heterocycles. The Morgan fingerprint density at radius 1 is 1.40 bits per heavy atom. The molecule has 8 heteroatoms. The number of amides is 1. The monoisotopic (exact) mass is 373 g/mol. The van der Waals surface area contributed by atoms with Crippen LogP contribution < -0.4 is 0 Å². The SMILES string of the molecule is Cc1nc(C(=O)N2CCC[C@H](Cn3cc(-c4ccsc4)nn3)C2)cs1. The van der Waals surface area contributed by atoms with E-state index in [1.807, 2.05) is 33.5 Å². The quantitative estimate of drug-likeness (QED) is 0.704. The molecule has 0 saturated carbocycles. The topological polar surface area (TPSA) is 63.9 Å². The second kappa shape index (κ2) is 7.05. The highest BCUT2D eigenvalue weighted by Crippen LogP contribution is 2.23. The molecule has 0 aliphatic carbocycles. The molecule has 3 aromatic rings. The van der Waals surface area contributed by atoms with Crippen LogP contribution in [0.25, 0.3) is 11.3 Å². The van der Waals surface area contributed by atoms with Gasteiger partial charge in [0.25, 0.3) is 5.91 Å². The minimum absolute atomic E-state index is 0.0478. The molecule has 3 aromatic heterocycles. The number of aryl methyl sites for hydroxylation is 1. The second-order valence-corrected chi connectivity index (χ2v) is 8.19. The van der Waals surface area contributed by atoms with E-state index < -0.39 is 0 Å². The lowest BCUT2D eigenvalue weighted by Gasteiger charge is -2.32. The molecule has 1 saturated heterocycles. The number of carbonyl (C=O) groups excluding carboxylic acids is 1. The van der Waals surface area contributed by atoms with Crippen molar-refractivity contribution >= 4 is 28.6 Å². The Labute approximate surface area is 154 Å². The fraction of sp³-hybridized carbons (Fsp3) is 0.412. The number of piperidine rings is 1. The first-order valence-electron chi connectivity index (χ1n) is 8.33. The molecule has 25 heavy (non-hydrogen) atoms. The van der Waals surface area contributed by atoms with Gasteiger partial charge < -0.3 is 4.90 Å². The van der Waals surface area contributed by atoms with E-state index >= 15 is 0 Å². The normalized spacial score (nSPS) is 17.8. The smallest absolute Gasteiger partial charge is 0.273 e. The molecule has 0 N–H and O–H groups in total. The third-order valence-corrected chi connectivity index (χ3v) is 5.90. The van der Waals surface area contributed by atoms with Crippen molar-refractivity contribution in [1.29, 1.82) is 0 Å². The Bertz CT molecular complexity index is 854. The lowest BCUT2D eigenvalue weighted by atomic mass is 9.98. The Morgan fingerprint density at radius 3 is 3.08 bits per heavy atom. The van der Waals surface area contributed by atoms with Gasteiger partial charge in [-0.05, 0) is 37.1 Å². The number of thiophene rings is 1. The molecule has 0 radical (unpaired) electrons. The Hall–Kier alpha value is -2.06. The molecule has 0 spiro atoms. The molecule has 130 valence electrons. The number of hydrogen-bond donors (Lipinski definition) is 0. The average molecular weight is 374 g/mol. The molecular formula is C17H19N5OS2. The molecule has 1 fully saturated rings. The Morgan fingerprint density at radius 2 is 2.32 bits per heavy atom. The molecule has 1 aliphatic rings. The Kier molecular flexibility index (Phi) is 4.63. The zero-order chi connectivity index (χ0) is 17.2. The third kappa shape index (κ3) is 3.64. The number of likely N-dealkylation sites (tertiary alicyclic amines) is 1. The van der Waals surface area contributed by atoms with Crippen LogP contribution in [0.3, 0.4) is 0 Å². The van der Waals surface area contributed by atoms with Crippen molar-refractivity contribution in [3.05, 3.63) is 39.1 Å². The standard InChI is InChI=1S/C17H19N5OS2/c1-12-18-16(11-25-12)17(23)21-5-2-3-13(7-21)8-22-9-15(19-20-22)14-4-6-24-10-14/h4,6,9-11,13H,2-3,5,7-8H2,1H3/t13-/m0/s1. The van der Waals surface area contributed by atoms with Crippen molar-refractivity contribution in [1.82, 2.24) is 24.9 Å². The Balaban J connectivity index is 1.41. The molecule has 6 nitrogen and oxygen atoms in total. The van der Waals surface area contributed by atoms with E-state index in [2.05, 4.69) is 26.7 Å². The third-order valence-electron chi connectivity index (χ3n) is 4.45. The molecule has 0 unspecified atom stereocenters. The summed E-state index contributed by atoms with van der Waals surface area (Å²) < 4.78 is 1.90. The summed E-state index contributed by atoms with van der Waals surface area (Å²) in [7, 11) is 0. The van der Waals surface area contributed by atoms with E-state index in [1.165, 1.54) is 11.3 Å². The van der Waals surface area contributed by atoms with Gasteiger partial charge in [0.1, 0.15) is 11.4 Å². The predicted molar refractivity (Wildman–Crippen MR) is 98.8 cm³/mol. The number of aromatic nitrogens is 4. The zero-order valence-corrected chi connectivity index (χ0v) is 15.6. The van der Waals surface area contributed by atoms with Gasteiger partial charge in [0.15, 0.2) is 0 Å². The van der Waals surface area contributed by atoms with Crippen LogP contribution in [0, 0.1) is 12.8 Å². The van der Waals surface area contributed by atoms with E-state index in [0.717, 1.165) is 48.7 Å². The van der Waals surface area contributed by atoms with Gasteiger partial charge in [0.05, 0.1) is 11.2 Å². The fourth-order valence-electron chi connectivity index (χ4n) is 3.22. The summed E-state index contributed by atoms with van der Waals surface area (Å²) in [6.07, 6.45) is 4.12.